The Morgan fingerprint density at radius 3 is 3.05 bits per heavy atom. The standard InChI is InChI=1S/C18H19NOS/c1-13(20)21-11-5-4-6-14-9-10-18-16(12-14)15-7-2-3-8-17(15)19-18/h9-10,12,19H,2-3,5,7-8,11H2,1H3. The molecule has 0 bridgehead atoms. The number of rotatable bonds is 2. The third kappa shape index (κ3) is 3.33. The van der Waals surface area contributed by atoms with Gasteiger partial charge in [0.05, 0.1) is 0 Å². The Balaban J connectivity index is 1.78. The predicted octanol–water partition coefficient (Wildman–Crippen LogP) is 4.07. The van der Waals surface area contributed by atoms with Gasteiger partial charge in [-0.2, -0.15) is 0 Å². The molecule has 0 spiro atoms. The lowest BCUT2D eigenvalue weighted by Crippen LogP contribution is -1.99. The molecule has 1 N–H and O–H groups in total. The monoisotopic (exact) mass is 297 g/mol. The molecule has 2 aromatic rings. The average molecular weight is 297 g/mol. The maximum absolute atomic E-state index is 10.8. The van der Waals surface area contributed by atoms with Crippen molar-refractivity contribution in [2.24, 2.45) is 0 Å². The summed E-state index contributed by atoms with van der Waals surface area (Å²) in [5, 5.41) is 1.51. The Kier molecular flexibility index (Phi) is 4.36. The predicted molar refractivity (Wildman–Crippen MR) is 89.6 cm³/mol. The Morgan fingerprint density at radius 2 is 2.19 bits per heavy atom. The Hall–Kier alpha value is -1.66. The zero-order valence-corrected chi connectivity index (χ0v) is 13.1. The van der Waals surface area contributed by atoms with Gasteiger partial charge in [0.1, 0.15) is 0 Å². The molecule has 0 atom stereocenters. The van der Waals surface area contributed by atoms with Crippen LogP contribution < -0.4 is 0 Å². The molecule has 0 saturated heterocycles. The summed E-state index contributed by atoms with van der Waals surface area (Å²) in [4.78, 5) is 14.4. The molecule has 3 heteroatoms. The van der Waals surface area contributed by atoms with Gasteiger partial charge in [0.25, 0.3) is 0 Å². The molecule has 0 saturated carbocycles. The third-order valence-electron chi connectivity index (χ3n) is 3.86. The maximum Gasteiger partial charge on any atom is 0.185 e. The lowest BCUT2D eigenvalue weighted by molar-refractivity contribution is -0.109. The van der Waals surface area contributed by atoms with Crippen molar-refractivity contribution in [1.82, 2.24) is 4.98 Å². The SMILES string of the molecule is CC(=O)SCCC#Cc1ccc2[nH]c3c(c2c1)CCCC3. The second kappa shape index (κ2) is 6.41. The van der Waals surface area contributed by atoms with Gasteiger partial charge in [0.2, 0.25) is 0 Å². The van der Waals surface area contributed by atoms with Gasteiger partial charge in [-0.3, -0.25) is 4.79 Å². The quantitative estimate of drug-likeness (QED) is 0.669. The largest absolute Gasteiger partial charge is 0.358 e. The fourth-order valence-electron chi connectivity index (χ4n) is 2.89. The number of aromatic amines is 1. The summed E-state index contributed by atoms with van der Waals surface area (Å²) in [6.07, 6.45) is 5.70. The zero-order valence-electron chi connectivity index (χ0n) is 12.3. The first-order chi connectivity index (χ1) is 10.2. The number of hydrogen-bond donors (Lipinski definition) is 1. The molecule has 2 nitrogen and oxygen atoms in total. The van der Waals surface area contributed by atoms with E-state index in [1.807, 2.05) is 0 Å². The van der Waals surface area contributed by atoms with E-state index in [0.29, 0.717) is 0 Å². The molecule has 108 valence electrons. The van der Waals surface area contributed by atoms with Crippen LogP contribution in [0.5, 0.6) is 0 Å². The Bertz CT molecular complexity index is 733. The van der Waals surface area contributed by atoms with Crippen LogP contribution in [-0.4, -0.2) is 15.9 Å². The molecule has 21 heavy (non-hydrogen) atoms. The summed E-state index contributed by atoms with van der Waals surface area (Å²) in [6, 6.07) is 6.43. The number of carbonyl (C=O) groups excluding carboxylic acids is 1. The molecule has 1 aliphatic rings. The smallest absolute Gasteiger partial charge is 0.185 e. The lowest BCUT2D eigenvalue weighted by atomic mass is 9.95. The average Bonchev–Trinajstić information content (AvgIpc) is 2.84. The van der Waals surface area contributed by atoms with Crippen LogP contribution in [0.4, 0.5) is 0 Å². The summed E-state index contributed by atoms with van der Waals surface area (Å²) < 4.78 is 0. The highest BCUT2D eigenvalue weighted by atomic mass is 32.2. The van der Waals surface area contributed by atoms with Crippen molar-refractivity contribution < 1.29 is 4.79 Å². The molecule has 0 unspecified atom stereocenters. The van der Waals surface area contributed by atoms with E-state index in [1.165, 1.54) is 59.6 Å². The zero-order chi connectivity index (χ0) is 14.7. The van der Waals surface area contributed by atoms with Crippen molar-refractivity contribution in [2.75, 3.05) is 5.75 Å². The molecule has 3 rings (SSSR count). The van der Waals surface area contributed by atoms with Crippen LogP contribution in [0.25, 0.3) is 10.9 Å². The van der Waals surface area contributed by atoms with Gasteiger partial charge >= 0.3 is 0 Å². The number of aryl methyl sites for hydroxylation is 2. The molecule has 0 radical (unpaired) electrons. The number of aromatic nitrogens is 1. The number of H-pyrrole nitrogens is 1. The first-order valence-corrected chi connectivity index (χ1v) is 8.48. The first kappa shape index (κ1) is 14.3. The van der Waals surface area contributed by atoms with E-state index in [1.54, 1.807) is 6.92 Å². The van der Waals surface area contributed by atoms with Gasteiger partial charge in [-0.25, -0.2) is 0 Å². The topological polar surface area (TPSA) is 32.9 Å². The van der Waals surface area contributed by atoms with Crippen LogP contribution >= 0.6 is 11.8 Å². The van der Waals surface area contributed by atoms with Gasteiger partial charge in [-0.15, -0.1) is 0 Å². The summed E-state index contributed by atoms with van der Waals surface area (Å²) in [5.74, 6) is 7.16. The Labute approximate surface area is 129 Å². The van der Waals surface area contributed by atoms with Gasteiger partial charge < -0.3 is 4.98 Å². The van der Waals surface area contributed by atoms with Crippen LogP contribution in [0.15, 0.2) is 18.2 Å². The maximum atomic E-state index is 10.8. The van der Waals surface area contributed by atoms with E-state index in [2.05, 4.69) is 35.0 Å². The van der Waals surface area contributed by atoms with Gasteiger partial charge in [-0.1, -0.05) is 23.6 Å². The van der Waals surface area contributed by atoms with Gasteiger partial charge in [0.15, 0.2) is 5.12 Å². The molecule has 0 amide bonds. The highest BCUT2D eigenvalue weighted by Crippen LogP contribution is 2.29. The minimum atomic E-state index is 0.164. The minimum Gasteiger partial charge on any atom is -0.358 e. The van der Waals surface area contributed by atoms with E-state index in [-0.39, 0.29) is 5.12 Å². The fraction of sp³-hybridized carbons (Fsp3) is 0.389. The van der Waals surface area contributed by atoms with Gasteiger partial charge in [0, 0.05) is 41.3 Å². The number of nitrogens with one attached hydrogen (secondary N) is 1. The van der Waals surface area contributed by atoms with Crippen molar-refractivity contribution in [1.29, 1.82) is 0 Å². The summed E-state index contributed by atoms with van der Waals surface area (Å²) in [5.41, 5.74) is 5.22. The van der Waals surface area contributed by atoms with E-state index >= 15 is 0 Å². The van der Waals surface area contributed by atoms with Crippen molar-refractivity contribution in [2.45, 2.75) is 39.0 Å². The molecule has 0 aliphatic heterocycles. The molecule has 0 fully saturated rings. The number of benzene rings is 1. The number of hydrogen-bond acceptors (Lipinski definition) is 2. The van der Waals surface area contributed by atoms with Crippen molar-refractivity contribution >= 4 is 27.8 Å². The second-order valence-electron chi connectivity index (χ2n) is 5.44. The fourth-order valence-corrected chi connectivity index (χ4v) is 3.39. The van der Waals surface area contributed by atoms with E-state index in [4.69, 9.17) is 0 Å². The molecule has 1 aromatic heterocycles. The van der Waals surface area contributed by atoms with Crippen molar-refractivity contribution in [3.05, 3.63) is 35.0 Å². The first-order valence-electron chi connectivity index (χ1n) is 7.50. The van der Waals surface area contributed by atoms with Crippen LogP contribution in [0.1, 0.15) is 43.0 Å². The number of fused-ring (bicyclic) bond motifs is 3. The van der Waals surface area contributed by atoms with E-state index in [0.717, 1.165) is 17.7 Å². The van der Waals surface area contributed by atoms with Crippen LogP contribution in [0.3, 0.4) is 0 Å². The van der Waals surface area contributed by atoms with Crippen LogP contribution in [0.2, 0.25) is 0 Å². The molecule has 1 aliphatic carbocycles. The van der Waals surface area contributed by atoms with Crippen LogP contribution in [0, 0.1) is 11.8 Å². The summed E-state index contributed by atoms with van der Waals surface area (Å²) in [6.45, 7) is 1.60. The molecular formula is C18H19NOS. The summed E-state index contributed by atoms with van der Waals surface area (Å²) >= 11 is 1.34. The molecule has 1 heterocycles. The number of thioether (sulfide) groups is 1. The van der Waals surface area contributed by atoms with Crippen LogP contribution in [-0.2, 0) is 17.6 Å². The second-order valence-corrected chi connectivity index (χ2v) is 6.71. The summed E-state index contributed by atoms with van der Waals surface area (Å²) in [7, 11) is 0. The van der Waals surface area contributed by atoms with Gasteiger partial charge in [-0.05, 0) is 49.4 Å². The molecular weight excluding hydrogens is 278 g/mol. The minimum absolute atomic E-state index is 0.164. The lowest BCUT2D eigenvalue weighted by Gasteiger charge is -2.10. The normalized spacial score (nSPS) is 13.6. The Morgan fingerprint density at radius 1 is 1.33 bits per heavy atom. The van der Waals surface area contributed by atoms with Crippen molar-refractivity contribution in [3.63, 3.8) is 0 Å². The van der Waals surface area contributed by atoms with E-state index < -0.39 is 0 Å². The van der Waals surface area contributed by atoms with E-state index in [9.17, 15) is 4.79 Å². The number of carbonyl (C=O) groups is 1. The highest BCUT2D eigenvalue weighted by Gasteiger charge is 2.14. The molecule has 1 aromatic carbocycles. The highest BCUT2D eigenvalue weighted by molar-refractivity contribution is 8.13. The van der Waals surface area contributed by atoms with Crippen molar-refractivity contribution in [3.8, 4) is 11.8 Å². The third-order valence-corrected chi connectivity index (χ3v) is 4.68.